The summed E-state index contributed by atoms with van der Waals surface area (Å²) >= 11 is 0. The second-order valence-electron chi connectivity index (χ2n) is 10.2. The normalized spacial score (nSPS) is 28.9. The van der Waals surface area contributed by atoms with Crippen LogP contribution in [0.15, 0.2) is 54.6 Å². The molecule has 2 fully saturated rings. The second kappa shape index (κ2) is 8.88. The molecule has 1 saturated carbocycles. The molecule has 2 aromatic rings. The van der Waals surface area contributed by atoms with Crippen LogP contribution in [0.25, 0.3) is 6.08 Å². The minimum absolute atomic E-state index is 0.160. The van der Waals surface area contributed by atoms with Crippen molar-refractivity contribution in [3.05, 3.63) is 76.9 Å². The molecule has 1 heterocycles. The number of rotatable bonds is 4. The van der Waals surface area contributed by atoms with E-state index in [1.165, 1.54) is 16.7 Å². The van der Waals surface area contributed by atoms with Crippen molar-refractivity contribution in [2.75, 3.05) is 19.6 Å². The molecule has 1 aliphatic heterocycles. The zero-order valence-corrected chi connectivity index (χ0v) is 19.4. The molecule has 1 N–H and O–H groups in total. The highest BCUT2D eigenvalue weighted by atomic mass is 19.4. The number of alkyl halides is 3. The number of nitrogens with one attached hydrogen (secondary N) is 1. The monoisotopic (exact) mass is 468 g/mol. The molecule has 0 aromatic heterocycles. The van der Waals surface area contributed by atoms with Crippen LogP contribution in [0.5, 0.6) is 0 Å². The highest BCUT2D eigenvalue weighted by Crippen LogP contribution is 2.48. The first-order valence-electron chi connectivity index (χ1n) is 12.2. The van der Waals surface area contributed by atoms with Gasteiger partial charge in [0.15, 0.2) is 0 Å². The molecule has 2 aromatic carbocycles. The number of likely N-dealkylation sites (tertiary alicyclic amines) is 1. The van der Waals surface area contributed by atoms with Gasteiger partial charge in [0.2, 0.25) is 0 Å². The van der Waals surface area contributed by atoms with E-state index in [4.69, 9.17) is 0 Å². The first-order chi connectivity index (χ1) is 16.2. The third kappa shape index (κ3) is 4.40. The van der Waals surface area contributed by atoms with Crippen LogP contribution in [0.4, 0.5) is 13.2 Å². The van der Waals surface area contributed by atoms with Crippen LogP contribution in [0, 0.1) is 5.92 Å². The number of carbonyl (C=O) groups excluding carboxylic acids is 1. The van der Waals surface area contributed by atoms with E-state index in [-0.39, 0.29) is 11.0 Å². The Bertz CT molecular complexity index is 1080. The molecule has 5 rings (SSSR count). The third-order valence-corrected chi connectivity index (χ3v) is 8.24. The second-order valence-corrected chi connectivity index (χ2v) is 10.2. The van der Waals surface area contributed by atoms with Gasteiger partial charge in [-0.2, -0.15) is 13.2 Å². The number of hydrogen-bond donors (Lipinski definition) is 1. The molecule has 34 heavy (non-hydrogen) atoms. The van der Waals surface area contributed by atoms with Crippen molar-refractivity contribution in [1.29, 1.82) is 0 Å². The van der Waals surface area contributed by atoms with E-state index in [1.54, 1.807) is 12.1 Å². The Morgan fingerprint density at radius 1 is 1.12 bits per heavy atom. The maximum absolute atomic E-state index is 12.3. The van der Waals surface area contributed by atoms with E-state index in [2.05, 4.69) is 48.2 Å². The Kier molecular flexibility index (Phi) is 6.05. The summed E-state index contributed by atoms with van der Waals surface area (Å²) in [4.78, 5) is 14.6. The number of hydrogen-bond acceptors (Lipinski definition) is 2. The predicted molar refractivity (Wildman–Crippen MR) is 128 cm³/mol. The third-order valence-electron chi connectivity index (χ3n) is 8.24. The number of allylic oxidation sites excluding steroid dienone is 1. The highest BCUT2D eigenvalue weighted by molar-refractivity contribution is 5.94. The van der Waals surface area contributed by atoms with Crippen LogP contribution in [-0.4, -0.2) is 42.7 Å². The van der Waals surface area contributed by atoms with Gasteiger partial charge >= 0.3 is 6.18 Å². The van der Waals surface area contributed by atoms with E-state index >= 15 is 0 Å². The van der Waals surface area contributed by atoms with Crippen molar-refractivity contribution in [2.24, 2.45) is 5.92 Å². The lowest BCUT2D eigenvalue weighted by molar-refractivity contribution is -0.123. The SMILES string of the molecule is C[C@H]1CN(C2CCC(c3ccc(C(=O)NCC(F)(F)F)cc3)C2)CCC12C=Cc1ccccc12. The molecule has 1 amide bonds. The lowest BCUT2D eigenvalue weighted by Crippen LogP contribution is -2.50. The first kappa shape index (κ1) is 23.2. The van der Waals surface area contributed by atoms with E-state index in [1.807, 2.05) is 17.4 Å². The van der Waals surface area contributed by atoms with Crippen LogP contribution >= 0.6 is 0 Å². The summed E-state index contributed by atoms with van der Waals surface area (Å²) in [7, 11) is 0. The largest absolute Gasteiger partial charge is 0.405 e. The van der Waals surface area contributed by atoms with Crippen molar-refractivity contribution < 1.29 is 18.0 Å². The first-order valence-corrected chi connectivity index (χ1v) is 12.2. The molecule has 4 atom stereocenters. The molecule has 3 unspecified atom stereocenters. The molecule has 2 aliphatic carbocycles. The fourth-order valence-corrected chi connectivity index (χ4v) is 6.34. The van der Waals surface area contributed by atoms with Crippen LogP contribution in [0.3, 0.4) is 0 Å². The van der Waals surface area contributed by atoms with Crippen LogP contribution < -0.4 is 5.32 Å². The fraction of sp³-hybridized carbons (Fsp3) is 0.464. The van der Waals surface area contributed by atoms with Crippen molar-refractivity contribution in [2.45, 2.75) is 56.2 Å². The lowest BCUT2D eigenvalue weighted by Gasteiger charge is -2.46. The molecule has 1 spiro atoms. The topological polar surface area (TPSA) is 32.3 Å². The van der Waals surface area contributed by atoms with Gasteiger partial charge in [-0.25, -0.2) is 0 Å². The molecular formula is C28H31F3N2O. The molecule has 180 valence electrons. The van der Waals surface area contributed by atoms with Crippen molar-refractivity contribution in [3.8, 4) is 0 Å². The zero-order valence-electron chi connectivity index (χ0n) is 19.4. The Labute approximate surface area is 199 Å². The Morgan fingerprint density at radius 3 is 2.62 bits per heavy atom. The summed E-state index contributed by atoms with van der Waals surface area (Å²) in [5.74, 6) is 0.289. The van der Waals surface area contributed by atoms with Crippen molar-refractivity contribution in [1.82, 2.24) is 10.2 Å². The maximum atomic E-state index is 12.3. The quantitative estimate of drug-likeness (QED) is 0.604. The van der Waals surface area contributed by atoms with Gasteiger partial charge in [-0.1, -0.05) is 55.5 Å². The number of benzene rings is 2. The van der Waals surface area contributed by atoms with Gasteiger partial charge < -0.3 is 10.2 Å². The maximum Gasteiger partial charge on any atom is 0.405 e. The summed E-state index contributed by atoms with van der Waals surface area (Å²) in [6.45, 7) is 3.26. The standard InChI is InChI=1S/C28H31F3N2O/c1-19-17-33(15-14-27(19)13-12-21-4-2-3-5-25(21)27)24-11-10-23(16-24)20-6-8-22(9-7-20)26(34)32-18-28(29,30)31/h2-9,12-13,19,23-24H,10-11,14-18H2,1H3,(H,32,34)/t19-,23?,24?,27?/m0/s1. The molecule has 6 heteroatoms. The lowest BCUT2D eigenvalue weighted by atomic mass is 9.68. The Balaban J connectivity index is 1.19. The minimum atomic E-state index is -4.41. The highest BCUT2D eigenvalue weighted by Gasteiger charge is 2.45. The van der Waals surface area contributed by atoms with E-state index in [0.29, 0.717) is 17.9 Å². The average Bonchev–Trinajstić information content (AvgIpc) is 3.46. The zero-order chi connectivity index (χ0) is 23.9. The molecule has 3 aliphatic rings. The predicted octanol–water partition coefficient (Wildman–Crippen LogP) is 5.92. The smallest absolute Gasteiger partial charge is 0.343 e. The summed E-state index contributed by atoms with van der Waals surface area (Å²) in [6.07, 6.45) is 4.81. The summed E-state index contributed by atoms with van der Waals surface area (Å²) in [5.41, 5.74) is 4.44. The van der Waals surface area contributed by atoms with Crippen LogP contribution in [-0.2, 0) is 5.41 Å². The molecule has 0 bridgehead atoms. The Morgan fingerprint density at radius 2 is 1.88 bits per heavy atom. The van der Waals surface area contributed by atoms with E-state index in [0.717, 1.165) is 38.8 Å². The number of halogens is 3. The van der Waals surface area contributed by atoms with Gasteiger partial charge in [0.1, 0.15) is 6.54 Å². The van der Waals surface area contributed by atoms with Crippen LogP contribution in [0.1, 0.15) is 65.6 Å². The molecule has 0 radical (unpaired) electrons. The number of fused-ring (bicyclic) bond motifs is 2. The van der Waals surface area contributed by atoms with Gasteiger partial charge in [-0.15, -0.1) is 0 Å². The number of amides is 1. The van der Waals surface area contributed by atoms with Gasteiger partial charge in [0.05, 0.1) is 0 Å². The van der Waals surface area contributed by atoms with Gasteiger partial charge in [-0.05, 0) is 72.9 Å². The number of carbonyl (C=O) groups is 1. The average molecular weight is 469 g/mol. The van der Waals surface area contributed by atoms with Gasteiger partial charge in [-0.3, -0.25) is 4.79 Å². The molecule has 3 nitrogen and oxygen atoms in total. The van der Waals surface area contributed by atoms with Gasteiger partial charge in [0, 0.05) is 23.6 Å². The Hall–Kier alpha value is -2.60. The number of piperidine rings is 1. The molecule has 1 saturated heterocycles. The van der Waals surface area contributed by atoms with Crippen LogP contribution in [0.2, 0.25) is 0 Å². The van der Waals surface area contributed by atoms with Gasteiger partial charge in [0.25, 0.3) is 5.91 Å². The minimum Gasteiger partial charge on any atom is -0.343 e. The van der Waals surface area contributed by atoms with Crippen molar-refractivity contribution >= 4 is 12.0 Å². The molecular weight excluding hydrogens is 437 g/mol. The van der Waals surface area contributed by atoms with E-state index < -0.39 is 18.6 Å². The summed E-state index contributed by atoms with van der Waals surface area (Å²) in [6, 6.07) is 16.4. The summed E-state index contributed by atoms with van der Waals surface area (Å²) < 4.78 is 37.0. The van der Waals surface area contributed by atoms with Crippen molar-refractivity contribution in [3.63, 3.8) is 0 Å². The summed E-state index contributed by atoms with van der Waals surface area (Å²) in [5, 5.41) is 1.93. The van der Waals surface area contributed by atoms with E-state index in [9.17, 15) is 18.0 Å². The fourth-order valence-electron chi connectivity index (χ4n) is 6.34. The number of nitrogens with zero attached hydrogens (tertiary/aromatic N) is 1.